The monoisotopic (exact) mass is 400 g/mol. The Morgan fingerprint density at radius 3 is 2.69 bits per heavy atom. The molecule has 2 saturated carbocycles. The smallest absolute Gasteiger partial charge is 0.341 e. The van der Waals surface area contributed by atoms with Crippen LogP contribution < -0.4 is 10.7 Å². The molecular weight excluding hydrogens is 379 g/mol. The maximum Gasteiger partial charge on any atom is 0.341 e. The van der Waals surface area contributed by atoms with Gasteiger partial charge in [-0.1, -0.05) is 5.11 Å². The number of aromatic carboxylic acids is 1. The molecule has 152 valence electrons. The molecule has 29 heavy (non-hydrogen) atoms. The lowest BCUT2D eigenvalue weighted by Gasteiger charge is -2.28. The van der Waals surface area contributed by atoms with Crippen LogP contribution in [0.1, 0.15) is 54.9 Å². The van der Waals surface area contributed by atoms with Crippen LogP contribution in [0.4, 0.5) is 10.2 Å². The van der Waals surface area contributed by atoms with Gasteiger partial charge in [-0.25, -0.2) is 14.2 Å². The summed E-state index contributed by atoms with van der Waals surface area (Å²) in [7, 11) is 0. The molecule has 0 spiro atoms. The van der Waals surface area contributed by atoms with Gasteiger partial charge in [-0.05, 0) is 56.0 Å². The predicted octanol–water partition coefficient (Wildman–Crippen LogP) is 3.85. The van der Waals surface area contributed by atoms with Crippen molar-refractivity contribution in [3.8, 4) is 0 Å². The second-order valence-electron chi connectivity index (χ2n) is 7.78. The fourth-order valence-corrected chi connectivity index (χ4v) is 3.97. The van der Waals surface area contributed by atoms with Crippen molar-refractivity contribution in [2.75, 3.05) is 11.9 Å². The second kappa shape index (κ2) is 7.71. The van der Waals surface area contributed by atoms with Crippen molar-refractivity contribution in [2.24, 2.45) is 11.0 Å². The van der Waals surface area contributed by atoms with E-state index in [-0.39, 0.29) is 28.9 Å². The summed E-state index contributed by atoms with van der Waals surface area (Å²) in [6.45, 7) is 0.478. The highest BCUT2D eigenvalue weighted by Crippen LogP contribution is 2.37. The van der Waals surface area contributed by atoms with Gasteiger partial charge < -0.3 is 15.0 Å². The van der Waals surface area contributed by atoms with Crippen molar-refractivity contribution in [1.29, 1.82) is 0 Å². The Balaban J connectivity index is 1.63. The molecule has 10 heteroatoms. The lowest BCUT2D eigenvalue weighted by Crippen LogP contribution is -2.28. The first-order valence-electron chi connectivity index (χ1n) is 9.74. The van der Waals surface area contributed by atoms with Crippen molar-refractivity contribution < 1.29 is 14.3 Å². The molecule has 0 amide bonds. The molecule has 2 fully saturated rings. The predicted molar refractivity (Wildman–Crippen MR) is 105 cm³/mol. The highest BCUT2D eigenvalue weighted by Gasteiger charge is 2.29. The van der Waals surface area contributed by atoms with Gasteiger partial charge in [-0.2, -0.15) is 0 Å². The molecule has 0 saturated heterocycles. The zero-order chi connectivity index (χ0) is 20.5. The van der Waals surface area contributed by atoms with Gasteiger partial charge in [0, 0.05) is 29.7 Å². The molecule has 2 aliphatic carbocycles. The maximum absolute atomic E-state index is 14.7. The Morgan fingerprint density at radius 2 is 2.07 bits per heavy atom. The number of hydrogen-bond donors (Lipinski definition) is 2. The van der Waals surface area contributed by atoms with E-state index >= 15 is 0 Å². The summed E-state index contributed by atoms with van der Waals surface area (Å²) < 4.78 is 16.4. The molecule has 0 aromatic carbocycles. The summed E-state index contributed by atoms with van der Waals surface area (Å²) in [6, 6.07) is 1.21. The summed E-state index contributed by atoms with van der Waals surface area (Å²) in [4.78, 5) is 31.1. The topological polar surface area (TPSA) is 133 Å². The average Bonchev–Trinajstić information content (AvgIpc) is 3.54. The van der Waals surface area contributed by atoms with Crippen molar-refractivity contribution in [3.63, 3.8) is 0 Å². The normalized spacial score (nSPS) is 21.6. The van der Waals surface area contributed by atoms with Crippen LogP contribution in [-0.2, 0) is 0 Å². The van der Waals surface area contributed by atoms with Crippen LogP contribution in [-0.4, -0.2) is 33.2 Å². The Bertz CT molecular complexity index is 1070. The molecule has 0 unspecified atom stereocenters. The van der Waals surface area contributed by atoms with E-state index in [9.17, 15) is 19.1 Å². The van der Waals surface area contributed by atoms with Crippen molar-refractivity contribution in [2.45, 2.75) is 50.6 Å². The van der Waals surface area contributed by atoms with Gasteiger partial charge in [0.2, 0.25) is 5.43 Å². The number of halogens is 1. The van der Waals surface area contributed by atoms with E-state index in [2.05, 4.69) is 20.3 Å². The van der Waals surface area contributed by atoms with Crippen LogP contribution in [0.25, 0.3) is 21.5 Å². The molecule has 2 aromatic rings. The average molecular weight is 400 g/mol. The number of pyridine rings is 2. The number of hydrogen-bond acceptors (Lipinski definition) is 5. The van der Waals surface area contributed by atoms with Crippen molar-refractivity contribution >= 4 is 22.8 Å². The molecule has 4 rings (SSSR count). The molecule has 2 heterocycles. The summed E-state index contributed by atoms with van der Waals surface area (Å²) in [6.07, 6.45) is 6.42. The van der Waals surface area contributed by atoms with Crippen LogP contribution in [0, 0.1) is 11.7 Å². The molecule has 2 aromatic heterocycles. The summed E-state index contributed by atoms with van der Waals surface area (Å²) in [5, 5.41) is 16.1. The zero-order valence-corrected chi connectivity index (χ0v) is 15.7. The Morgan fingerprint density at radius 1 is 1.34 bits per heavy atom. The number of azide groups is 1. The fourth-order valence-electron chi connectivity index (χ4n) is 3.97. The number of carboxylic acid groups (broad SMARTS) is 1. The van der Waals surface area contributed by atoms with Gasteiger partial charge >= 0.3 is 5.97 Å². The Hall–Kier alpha value is -3.13. The number of fused-ring (bicyclic) bond motifs is 1. The van der Waals surface area contributed by atoms with E-state index in [1.807, 2.05) is 0 Å². The number of nitrogens with one attached hydrogen (secondary N) is 1. The number of rotatable bonds is 6. The van der Waals surface area contributed by atoms with E-state index in [0.717, 1.165) is 44.6 Å². The van der Waals surface area contributed by atoms with Gasteiger partial charge in [0.15, 0.2) is 11.6 Å². The SMILES string of the molecule is [N-]=[N+]=NC[C@H]1CC[C@H](Nc2nc3c(cc2F)c(=O)c(C(=O)O)cn3C2CC2)CC1. The highest BCUT2D eigenvalue weighted by atomic mass is 19.1. The lowest BCUT2D eigenvalue weighted by molar-refractivity contribution is 0.0695. The first-order valence-corrected chi connectivity index (χ1v) is 9.74. The number of nitrogens with zero attached hydrogens (tertiary/aromatic N) is 5. The second-order valence-corrected chi connectivity index (χ2v) is 7.78. The molecule has 2 N–H and O–H groups in total. The molecule has 9 nitrogen and oxygen atoms in total. The van der Waals surface area contributed by atoms with Gasteiger partial charge in [-0.15, -0.1) is 0 Å². The minimum atomic E-state index is -1.33. The molecular formula is C19H21FN6O3. The van der Waals surface area contributed by atoms with Crippen molar-refractivity contribution in [3.05, 3.63) is 44.3 Å². The fraction of sp³-hybridized carbons (Fsp3) is 0.526. The summed E-state index contributed by atoms with van der Waals surface area (Å²) in [5.41, 5.74) is 7.65. The maximum atomic E-state index is 14.7. The van der Waals surface area contributed by atoms with Crippen LogP contribution in [0.3, 0.4) is 0 Å². The van der Waals surface area contributed by atoms with Gasteiger partial charge in [-0.3, -0.25) is 4.79 Å². The van der Waals surface area contributed by atoms with Crippen molar-refractivity contribution in [1.82, 2.24) is 9.55 Å². The third kappa shape index (κ3) is 3.88. The van der Waals surface area contributed by atoms with E-state index in [1.54, 1.807) is 4.57 Å². The first kappa shape index (κ1) is 19.2. The number of aromatic nitrogens is 2. The lowest BCUT2D eigenvalue weighted by atomic mass is 9.86. The molecule has 0 aliphatic heterocycles. The third-order valence-corrected chi connectivity index (χ3v) is 5.72. The van der Waals surface area contributed by atoms with Gasteiger partial charge in [0.05, 0.1) is 5.39 Å². The zero-order valence-electron chi connectivity index (χ0n) is 15.7. The summed E-state index contributed by atoms with van der Waals surface area (Å²) in [5.74, 6) is -1.58. The minimum absolute atomic E-state index is 0.0158. The molecule has 0 atom stereocenters. The molecule has 0 bridgehead atoms. The summed E-state index contributed by atoms with van der Waals surface area (Å²) >= 11 is 0. The number of carbonyl (C=O) groups is 1. The van der Waals surface area contributed by atoms with Crippen LogP contribution in [0.2, 0.25) is 0 Å². The molecule has 0 radical (unpaired) electrons. The van der Waals surface area contributed by atoms with E-state index in [0.29, 0.717) is 18.1 Å². The first-order chi connectivity index (χ1) is 14.0. The van der Waals surface area contributed by atoms with Gasteiger partial charge in [0.25, 0.3) is 0 Å². The van der Waals surface area contributed by atoms with E-state index < -0.39 is 17.2 Å². The van der Waals surface area contributed by atoms with E-state index in [4.69, 9.17) is 5.53 Å². The minimum Gasteiger partial charge on any atom is -0.477 e. The van der Waals surface area contributed by atoms with Crippen LogP contribution in [0.5, 0.6) is 0 Å². The highest BCUT2D eigenvalue weighted by molar-refractivity contribution is 5.92. The standard InChI is InChI=1S/C19H21FN6O3/c20-15-7-13-16(27)14(19(28)29)9-26(12-5-6-12)18(13)24-17(15)23-11-3-1-10(2-4-11)8-22-25-21/h7,9-12H,1-6,8H2,(H,23,24)(H,28,29)/t10-,11-. The Labute approximate surface area is 165 Å². The quantitative estimate of drug-likeness (QED) is 0.432. The van der Waals surface area contributed by atoms with Gasteiger partial charge in [0.1, 0.15) is 11.2 Å². The third-order valence-electron chi connectivity index (χ3n) is 5.72. The largest absolute Gasteiger partial charge is 0.477 e. The molecule has 2 aliphatic rings. The Kier molecular flexibility index (Phi) is 5.10. The number of carboxylic acids is 1. The van der Waals surface area contributed by atoms with E-state index in [1.165, 1.54) is 6.20 Å². The van der Waals surface area contributed by atoms with Crippen LogP contribution in [0.15, 0.2) is 22.2 Å². The number of anilines is 1. The van der Waals surface area contributed by atoms with Crippen LogP contribution >= 0.6 is 0 Å².